The molecule has 122 valence electrons. The minimum atomic E-state index is -0.206. The van der Waals surface area contributed by atoms with E-state index in [1.54, 1.807) is 11.8 Å². The predicted octanol–water partition coefficient (Wildman–Crippen LogP) is 2.59. The van der Waals surface area contributed by atoms with Gasteiger partial charge < -0.3 is 14.2 Å². The first kappa shape index (κ1) is 15.6. The Bertz CT molecular complexity index is 735. The summed E-state index contributed by atoms with van der Waals surface area (Å²) in [6.45, 7) is 3.32. The molecule has 0 bridgehead atoms. The molecule has 1 aliphatic rings. The zero-order chi connectivity index (χ0) is 16.4. The highest BCUT2D eigenvalue weighted by atomic mass is 16.5. The normalized spacial score (nSPS) is 18.2. The first-order valence-corrected chi connectivity index (χ1v) is 8.11. The number of hydrogen-bond acceptors (Lipinski definition) is 3. The maximum Gasteiger partial charge on any atom is 0.310 e. The van der Waals surface area contributed by atoms with Crippen LogP contribution in [0, 0.1) is 5.92 Å². The van der Waals surface area contributed by atoms with Gasteiger partial charge in [-0.1, -0.05) is 18.2 Å². The Kier molecular flexibility index (Phi) is 4.37. The van der Waals surface area contributed by atoms with Crippen LogP contribution < -0.4 is 0 Å². The molecule has 5 nitrogen and oxygen atoms in total. The van der Waals surface area contributed by atoms with Crippen LogP contribution in [0.4, 0.5) is 0 Å². The molecule has 2 aromatic rings. The van der Waals surface area contributed by atoms with Crippen LogP contribution in [0.3, 0.4) is 0 Å². The van der Waals surface area contributed by atoms with E-state index >= 15 is 0 Å². The highest BCUT2D eigenvalue weighted by Crippen LogP contribution is 2.25. The van der Waals surface area contributed by atoms with Crippen LogP contribution in [0.5, 0.6) is 0 Å². The molecular formula is C18H22N2O3. The second-order valence-corrected chi connectivity index (χ2v) is 6.01. The number of hydrogen-bond donors (Lipinski definition) is 0. The Labute approximate surface area is 135 Å². The van der Waals surface area contributed by atoms with Crippen molar-refractivity contribution in [2.45, 2.75) is 19.8 Å². The van der Waals surface area contributed by atoms with Crippen LogP contribution >= 0.6 is 0 Å². The molecule has 1 atom stereocenters. The molecule has 1 aliphatic heterocycles. The average molecular weight is 314 g/mol. The zero-order valence-corrected chi connectivity index (χ0v) is 13.6. The monoisotopic (exact) mass is 314 g/mol. The molecule has 1 amide bonds. The van der Waals surface area contributed by atoms with E-state index in [4.69, 9.17) is 4.74 Å². The average Bonchev–Trinajstić information content (AvgIpc) is 2.92. The van der Waals surface area contributed by atoms with Crippen molar-refractivity contribution in [2.75, 3.05) is 19.7 Å². The Hall–Kier alpha value is -2.30. The molecule has 1 aromatic carbocycles. The first-order valence-electron chi connectivity index (χ1n) is 8.11. The molecule has 0 unspecified atom stereocenters. The van der Waals surface area contributed by atoms with Crippen LogP contribution in [-0.4, -0.2) is 41.0 Å². The third-order valence-electron chi connectivity index (χ3n) is 4.46. The van der Waals surface area contributed by atoms with Gasteiger partial charge in [0.2, 0.25) is 0 Å². The second-order valence-electron chi connectivity index (χ2n) is 6.01. The van der Waals surface area contributed by atoms with E-state index in [0.717, 1.165) is 23.7 Å². The van der Waals surface area contributed by atoms with Gasteiger partial charge in [-0.15, -0.1) is 0 Å². The van der Waals surface area contributed by atoms with Gasteiger partial charge in [0, 0.05) is 37.2 Å². The molecule has 5 heteroatoms. The number of nitrogens with zero attached hydrogens (tertiary/aromatic N) is 2. The fraction of sp³-hybridized carbons (Fsp3) is 0.444. The van der Waals surface area contributed by atoms with Crippen LogP contribution in [0.1, 0.15) is 30.1 Å². The number of carbonyl (C=O) groups is 2. The van der Waals surface area contributed by atoms with Gasteiger partial charge in [-0.05, 0) is 25.8 Å². The third-order valence-corrected chi connectivity index (χ3v) is 4.46. The lowest BCUT2D eigenvalue weighted by molar-refractivity contribution is -0.149. The molecule has 1 aromatic heterocycles. The van der Waals surface area contributed by atoms with E-state index in [0.29, 0.717) is 25.3 Å². The van der Waals surface area contributed by atoms with Crippen molar-refractivity contribution in [1.29, 1.82) is 0 Å². The SMILES string of the molecule is CCOC(=O)[C@@H]1CCCN(C(=O)c2cn(C)c3ccccc23)C1. The van der Waals surface area contributed by atoms with Gasteiger partial charge >= 0.3 is 5.97 Å². The van der Waals surface area contributed by atoms with E-state index in [1.807, 2.05) is 42.1 Å². The quantitative estimate of drug-likeness (QED) is 0.818. The molecule has 0 spiro atoms. The van der Waals surface area contributed by atoms with E-state index < -0.39 is 0 Å². The number of ether oxygens (including phenoxy) is 1. The zero-order valence-electron chi connectivity index (χ0n) is 13.6. The van der Waals surface area contributed by atoms with Gasteiger partial charge in [-0.3, -0.25) is 9.59 Å². The summed E-state index contributed by atoms with van der Waals surface area (Å²) >= 11 is 0. The Morgan fingerprint density at radius 1 is 1.30 bits per heavy atom. The number of benzene rings is 1. The Morgan fingerprint density at radius 3 is 2.87 bits per heavy atom. The number of likely N-dealkylation sites (tertiary alicyclic amines) is 1. The van der Waals surface area contributed by atoms with Crippen molar-refractivity contribution in [3.63, 3.8) is 0 Å². The summed E-state index contributed by atoms with van der Waals surface area (Å²) < 4.78 is 7.08. The summed E-state index contributed by atoms with van der Waals surface area (Å²) in [6, 6.07) is 7.88. The Morgan fingerprint density at radius 2 is 2.09 bits per heavy atom. The number of esters is 1. The number of piperidine rings is 1. The standard InChI is InChI=1S/C18H22N2O3/c1-3-23-18(22)13-7-6-10-20(11-13)17(21)15-12-19(2)16-9-5-4-8-14(15)16/h4-5,8-9,12-13H,3,6-7,10-11H2,1-2H3/t13-/m1/s1. The van der Waals surface area contributed by atoms with Crippen molar-refractivity contribution >= 4 is 22.8 Å². The van der Waals surface area contributed by atoms with Crippen LogP contribution in [-0.2, 0) is 16.6 Å². The molecule has 0 aliphatic carbocycles. The molecule has 1 saturated heterocycles. The largest absolute Gasteiger partial charge is 0.466 e. The topological polar surface area (TPSA) is 51.5 Å². The lowest BCUT2D eigenvalue weighted by Crippen LogP contribution is -2.42. The summed E-state index contributed by atoms with van der Waals surface area (Å²) in [5.41, 5.74) is 1.74. The lowest BCUT2D eigenvalue weighted by Gasteiger charge is -2.31. The molecule has 2 heterocycles. The molecular weight excluding hydrogens is 292 g/mol. The fourth-order valence-electron chi connectivity index (χ4n) is 3.30. The van der Waals surface area contributed by atoms with E-state index in [-0.39, 0.29) is 17.8 Å². The lowest BCUT2D eigenvalue weighted by atomic mass is 9.97. The van der Waals surface area contributed by atoms with Crippen LogP contribution in [0.15, 0.2) is 30.5 Å². The summed E-state index contributed by atoms with van der Waals surface area (Å²) in [4.78, 5) is 26.7. The number of para-hydroxylation sites is 1. The minimum Gasteiger partial charge on any atom is -0.466 e. The van der Waals surface area contributed by atoms with Crippen LogP contribution in [0.2, 0.25) is 0 Å². The summed E-state index contributed by atoms with van der Waals surface area (Å²) in [7, 11) is 1.94. The summed E-state index contributed by atoms with van der Waals surface area (Å²) in [6.07, 6.45) is 3.50. The first-order chi connectivity index (χ1) is 11.1. The number of fused-ring (bicyclic) bond motifs is 1. The van der Waals surface area contributed by atoms with E-state index in [9.17, 15) is 9.59 Å². The fourth-order valence-corrected chi connectivity index (χ4v) is 3.30. The van der Waals surface area contributed by atoms with Gasteiger partial charge in [-0.25, -0.2) is 0 Å². The maximum atomic E-state index is 12.9. The van der Waals surface area contributed by atoms with Crippen molar-refractivity contribution in [1.82, 2.24) is 9.47 Å². The molecule has 0 N–H and O–H groups in total. The molecule has 23 heavy (non-hydrogen) atoms. The number of aromatic nitrogens is 1. The van der Waals surface area contributed by atoms with Crippen molar-refractivity contribution in [3.8, 4) is 0 Å². The second kappa shape index (κ2) is 6.44. The predicted molar refractivity (Wildman–Crippen MR) is 88.2 cm³/mol. The van der Waals surface area contributed by atoms with E-state index in [2.05, 4.69) is 0 Å². The van der Waals surface area contributed by atoms with Gasteiger partial charge in [0.15, 0.2) is 0 Å². The number of amides is 1. The molecule has 0 radical (unpaired) electrons. The van der Waals surface area contributed by atoms with Gasteiger partial charge in [0.1, 0.15) is 0 Å². The van der Waals surface area contributed by atoms with Crippen LogP contribution in [0.25, 0.3) is 10.9 Å². The minimum absolute atomic E-state index is 0.00389. The van der Waals surface area contributed by atoms with Crippen molar-refractivity contribution < 1.29 is 14.3 Å². The van der Waals surface area contributed by atoms with Gasteiger partial charge in [0.25, 0.3) is 5.91 Å². The van der Waals surface area contributed by atoms with Gasteiger partial charge in [0.05, 0.1) is 18.1 Å². The number of aryl methyl sites for hydroxylation is 1. The van der Waals surface area contributed by atoms with Crippen molar-refractivity contribution in [3.05, 3.63) is 36.0 Å². The smallest absolute Gasteiger partial charge is 0.310 e. The Balaban J connectivity index is 1.83. The highest BCUT2D eigenvalue weighted by molar-refractivity contribution is 6.07. The number of carbonyl (C=O) groups excluding carboxylic acids is 2. The maximum absolute atomic E-state index is 12.9. The molecule has 0 saturated carbocycles. The third kappa shape index (κ3) is 2.96. The summed E-state index contributed by atoms with van der Waals surface area (Å²) in [5, 5.41) is 0.957. The highest BCUT2D eigenvalue weighted by Gasteiger charge is 2.30. The van der Waals surface area contributed by atoms with Crippen molar-refractivity contribution in [2.24, 2.45) is 13.0 Å². The molecule has 3 rings (SSSR count). The molecule has 1 fully saturated rings. The van der Waals surface area contributed by atoms with Gasteiger partial charge in [-0.2, -0.15) is 0 Å². The summed E-state index contributed by atoms with van der Waals surface area (Å²) in [5.74, 6) is -0.402. The van der Waals surface area contributed by atoms with E-state index in [1.165, 1.54) is 0 Å². The number of rotatable bonds is 3.